The molecule has 1 aliphatic rings. The lowest BCUT2D eigenvalue weighted by molar-refractivity contribution is -0.143. The van der Waals surface area contributed by atoms with Crippen molar-refractivity contribution in [2.45, 2.75) is 46.0 Å². The van der Waals surface area contributed by atoms with E-state index in [1.54, 1.807) is 13.8 Å². The molecule has 0 amide bonds. The monoisotopic (exact) mass is 291 g/mol. The zero-order valence-electron chi connectivity index (χ0n) is 11.9. The lowest BCUT2D eigenvalue weighted by Crippen LogP contribution is -2.39. The maximum Gasteiger partial charge on any atom is 0.321 e. The largest absolute Gasteiger partial charge is 0.465 e. The highest BCUT2D eigenvalue weighted by Crippen LogP contribution is 2.25. The van der Waals surface area contributed by atoms with Crippen LogP contribution in [-0.4, -0.2) is 44.1 Å². The minimum absolute atomic E-state index is 0.167. The van der Waals surface area contributed by atoms with Gasteiger partial charge in [0, 0.05) is 6.54 Å². The van der Waals surface area contributed by atoms with Crippen molar-refractivity contribution in [2.24, 2.45) is 5.92 Å². The predicted molar refractivity (Wildman–Crippen MR) is 74.2 cm³/mol. The van der Waals surface area contributed by atoms with E-state index in [1.807, 2.05) is 0 Å². The first kappa shape index (κ1) is 16.4. The molecule has 0 radical (unpaired) electrons. The molecule has 1 rings (SSSR count). The second kappa shape index (κ2) is 7.85. The normalized spacial score (nSPS) is 17.6. The van der Waals surface area contributed by atoms with Crippen molar-refractivity contribution in [3.63, 3.8) is 0 Å². The highest BCUT2D eigenvalue weighted by atomic mass is 32.2. The Morgan fingerprint density at radius 1 is 1.21 bits per heavy atom. The van der Waals surface area contributed by atoms with Crippen LogP contribution in [0.3, 0.4) is 0 Å². The van der Waals surface area contributed by atoms with Crippen LogP contribution in [0.5, 0.6) is 0 Å². The fourth-order valence-corrected chi connectivity index (χ4v) is 4.35. The van der Waals surface area contributed by atoms with Gasteiger partial charge in [0.1, 0.15) is 6.54 Å². The second-order valence-electron chi connectivity index (χ2n) is 5.01. The smallest absolute Gasteiger partial charge is 0.321 e. The van der Waals surface area contributed by atoms with Crippen molar-refractivity contribution in [2.75, 3.05) is 25.4 Å². The molecule has 112 valence electrons. The highest BCUT2D eigenvalue weighted by Gasteiger charge is 2.28. The van der Waals surface area contributed by atoms with E-state index in [1.165, 1.54) is 10.7 Å². The van der Waals surface area contributed by atoms with E-state index >= 15 is 0 Å². The van der Waals surface area contributed by atoms with Crippen LogP contribution in [0.2, 0.25) is 0 Å². The lowest BCUT2D eigenvalue weighted by Gasteiger charge is -2.25. The van der Waals surface area contributed by atoms with Gasteiger partial charge in [0.2, 0.25) is 10.0 Å². The maximum absolute atomic E-state index is 12.3. The number of sulfonamides is 1. The van der Waals surface area contributed by atoms with Crippen LogP contribution in [0, 0.1) is 5.92 Å². The summed E-state index contributed by atoms with van der Waals surface area (Å²) in [4.78, 5) is 11.4. The summed E-state index contributed by atoms with van der Waals surface area (Å²) >= 11 is 0. The van der Waals surface area contributed by atoms with Crippen LogP contribution in [-0.2, 0) is 19.6 Å². The van der Waals surface area contributed by atoms with Gasteiger partial charge in [-0.05, 0) is 25.7 Å². The van der Waals surface area contributed by atoms with Gasteiger partial charge in [0.05, 0.1) is 12.4 Å². The molecular weight excluding hydrogens is 266 g/mol. The van der Waals surface area contributed by atoms with Crippen molar-refractivity contribution in [3.05, 3.63) is 0 Å². The van der Waals surface area contributed by atoms with Crippen molar-refractivity contribution in [1.82, 2.24) is 4.31 Å². The van der Waals surface area contributed by atoms with Crippen LogP contribution in [0.15, 0.2) is 0 Å². The van der Waals surface area contributed by atoms with E-state index in [9.17, 15) is 13.2 Å². The summed E-state index contributed by atoms with van der Waals surface area (Å²) in [5, 5.41) is 0. The van der Waals surface area contributed by atoms with Gasteiger partial charge in [-0.1, -0.05) is 26.2 Å². The van der Waals surface area contributed by atoms with Gasteiger partial charge in [-0.2, -0.15) is 4.31 Å². The Morgan fingerprint density at radius 2 is 1.84 bits per heavy atom. The number of likely N-dealkylation sites (N-methyl/N-ethyl adjacent to an activating group) is 1. The Balaban J connectivity index is 2.58. The topological polar surface area (TPSA) is 63.7 Å². The summed E-state index contributed by atoms with van der Waals surface area (Å²) in [5.41, 5.74) is 0. The SMILES string of the molecule is CCOC(=O)CN(CC)S(=O)(=O)CC1CCCCC1. The molecule has 1 saturated carbocycles. The summed E-state index contributed by atoms with van der Waals surface area (Å²) in [6, 6.07) is 0. The maximum atomic E-state index is 12.3. The molecule has 6 heteroatoms. The lowest BCUT2D eigenvalue weighted by atomic mass is 9.91. The van der Waals surface area contributed by atoms with Gasteiger partial charge < -0.3 is 4.74 Å². The third-order valence-electron chi connectivity index (χ3n) is 3.53. The molecule has 0 aromatic carbocycles. The molecule has 0 N–H and O–H groups in total. The summed E-state index contributed by atoms with van der Waals surface area (Å²) in [6.07, 6.45) is 5.40. The fourth-order valence-electron chi connectivity index (χ4n) is 2.51. The first-order chi connectivity index (χ1) is 8.99. The molecular formula is C13H25NO4S. The molecule has 0 bridgehead atoms. The minimum Gasteiger partial charge on any atom is -0.465 e. The first-order valence-electron chi connectivity index (χ1n) is 7.13. The van der Waals surface area contributed by atoms with E-state index in [0.29, 0.717) is 6.54 Å². The summed E-state index contributed by atoms with van der Waals surface area (Å²) in [7, 11) is -3.35. The van der Waals surface area contributed by atoms with Gasteiger partial charge >= 0.3 is 5.97 Å². The third-order valence-corrected chi connectivity index (χ3v) is 5.59. The molecule has 0 unspecified atom stereocenters. The predicted octanol–water partition coefficient (Wildman–Crippen LogP) is 1.78. The molecule has 0 spiro atoms. The van der Waals surface area contributed by atoms with Gasteiger partial charge in [-0.25, -0.2) is 8.42 Å². The minimum atomic E-state index is -3.35. The molecule has 0 heterocycles. The van der Waals surface area contributed by atoms with E-state index in [0.717, 1.165) is 25.7 Å². The van der Waals surface area contributed by atoms with E-state index in [4.69, 9.17) is 4.74 Å². The molecule has 0 saturated heterocycles. The van der Waals surface area contributed by atoms with Gasteiger partial charge in [0.15, 0.2) is 0 Å². The Labute approximate surface area is 116 Å². The van der Waals surface area contributed by atoms with E-state index in [-0.39, 0.29) is 24.8 Å². The van der Waals surface area contributed by atoms with Crippen molar-refractivity contribution in [1.29, 1.82) is 0 Å². The number of ether oxygens (including phenoxy) is 1. The second-order valence-corrected chi connectivity index (χ2v) is 7.03. The molecule has 0 atom stereocenters. The number of hydrogen-bond acceptors (Lipinski definition) is 4. The Bertz CT molecular complexity index is 374. The third kappa shape index (κ3) is 5.48. The van der Waals surface area contributed by atoms with E-state index in [2.05, 4.69) is 0 Å². The van der Waals surface area contributed by atoms with Crippen molar-refractivity contribution < 1.29 is 17.9 Å². The van der Waals surface area contributed by atoms with Gasteiger partial charge in [-0.3, -0.25) is 4.79 Å². The van der Waals surface area contributed by atoms with Gasteiger partial charge in [-0.15, -0.1) is 0 Å². The Kier molecular flexibility index (Phi) is 6.79. The molecule has 5 nitrogen and oxygen atoms in total. The van der Waals surface area contributed by atoms with Crippen LogP contribution < -0.4 is 0 Å². The molecule has 19 heavy (non-hydrogen) atoms. The number of hydrogen-bond donors (Lipinski definition) is 0. The quantitative estimate of drug-likeness (QED) is 0.671. The van der Waals surface area contributed by atoms with Crippen LogP contribution >= 0.6 is 0 Å². The van der Waals surface area contributed by atoms with Crippen LogP contribution in [0.1, 0.15) is 46.0 Å². The zero-order chi connectivity index (χ0) is 14.3. The number of esters is 1. The standard InChI is InChI=1S/C13H25NO4S/c1-3-14(10-13(15)18-4-2)19(16,17)11-12-8-6-5-7-9-12/h12H,3-11H2,1-2H3. The number of carbonyl (C=O) groups is 1. The average Bonchev–Trinajstić information content (AvgIpc) is 2.36. The molecule has 0 aromatic heterocycles. The van der Waals surface area contributed by atoms with Gasteiger partial charge in [0.25, 0.3) is 0 Å². The first-order valence-corrected chi connectivity index (χ1v) is 8.74. The zero-order valence-corrected chi connectivity index (χ0v) is 12.7. The number of carbonyl (C=O) groups excluding carboxylic acids is 1. The fraction of sp³-hybridized carbons (Fsp3) is 0.923. The van der Waals surface area contributed by atoms with Crippen LogP contribution in [0.4, 0.5) is 0 Å². The highest BCUT2D eigenvalue weighted by molar-refractivity contribution is 7.89. The number of rotatable bonds is 7. The van der Waals surface area contributed by atoms with Crippen LogP contribution in [0.25, 0.3) is 0 Å². The Hall–Kier alpha value is -0.620. The summed E-state index contributed by atoms with van der Waals surface area (Å²) < 4.78 is 30.6. The molecule has 1 aliphatic carbocycles. The summed E-state index contributed by atoms with van der Waals surface area (Å²) in [5.74, 6) is -0.0631. The molecule has 1 fully saturated rings. The molecule has 0 aliphatic heterocycles. The molecule has 0 aromatic rings. The average molecular weight is 291 g/mol. The van der Waals surface area contributed by atoms with Crippen molar-refractivity contribution >= 4 is 16.0 Å². The summed E-state index contributed by atoms with van der Waals surface area (Å²) in [6.45, 7) is 3.88. The number of nitrogens with zero attached hydrogens (tertiary/aromatic N) is 1. The van der Waals surface area contributed by atoms with E-state index < -0.39 is 16.0 Å². The van der Waals surface area contributed by atoms with Crippen molar-refractivity contribution in [3.8, 4) is 0 Å². The Morgan fingerprint density at radius 3 is 2.37 bits per heavy atom.